The smallest absolute Gasteiger partial charge is 0.264 e. The first kappa shape index (κ1) is 19.4. The molecule has 0 fully saturated rings. The Morgan fingerprint density at radius 3 is 2.32 bits per heavy atom. The number of ether oxygens (including phenoxy) is 1. The summed E-state index contributed by atoms with van der Waals surface area (Å²) in [6.45, 7) is 0. The molecular formula is C16H17BrN2O5S. The summed E-state index contributed by atoms with van der Waals surface area (Å²) >= 11 is 3.32. The van der Waals surface area contributed by atoms with Crippen molar-refractivity contribution in [2.75, 3.05) is 26.6 Å². The topological polar surface area (TPSA) is 84.9 Å². The average molecular weight is 429 g/mol. The lowest BCUT2D eigenvalue weighted by molar-refractivity contribution is -0.0258. The number of rotatable bonds is 6. The van der Waals surface area contributed by atoms with Crippen LogP contribution in [-0.2, 0) is 14.9 Å². The standard InChI is InChI=1S/C16H17BrN2O5S/c1-19(24-3)25(21,22)13-7-4-11(5-8-13)18-16(20)14-10-12(23-2)6-9-15(14)17/h4-10H,1-3H3,(H,18,20). The molecule has 9 heteroatoms. The average Bonchev–Trinajstić information content (AvgIpc) is 2.61. The molecule has 134 valence electrons. The first-order valence-electron chi connectivity index (χ1n) is 7.07. The molecule has 7 nitrogen and oxygen atoms in total. The Kier molecular flexibility index (Phi) is 6.17. The second kappa shape index (κ2) is 7.96. The van der Waals surface area contributed by atoms with E-state index in [0.717, 1.165) is 4.47 Å². The Morgan fingerprint density at radius 2 is 1.76 bits per heavy atom. The molecule has 0 unspecified atom stereocenters. The molecule has 0 heterocycles. The van der Waals surface area contributed by atoms with Gasteiger partial charge in [-0.15, -0.1) is 0 Å². The van der Waals surface area contributed by atoms with Crippen molar-refractivity contribution in [2.45, 2.75) is 4.90 Å². The highest BCUT2D eigenvalue weighted by Gasteiger charge is 2.20. The van der Waals surface area contributed by atoms with Gasteiger partial charge in [0.2, 0.25) is 0 Å². The van der Waals surface area contributed by atoms with Crippen molar-refractivity contribution in [1.29, 1.82) is 0 Å². The van der Waals surface area contributed by atoms with Crippen LogP contribution < -0.4 is 10.1 Å². The number of amides is 1. The summed E-state index contributed by atoms with van der Waals surface area (Å²) in [5.74, 6) is 0.202. The number of carbonyl (C=O) groups excluding carboxylic acids is 1. The van der Waals surface area contributed by atoms with Crippen molar-refractivity contribution in [2.24, 2.45) is 0 Å². The molecule has 2 aromatic rings. The van der Waals surface area contributed by atoms with E-state index in [1.165, 1.54) is 45.5 Å². The zero-order chi connectivity index (χ0) is 18.6. The third-order valence-corrected chi connectivity index (χ3v) is 5.81. The molecule has 0 spiro atoms. The van der Waals surface area contributed by atoms with Crippen molar-refractivity contribution in [1.82, 2.24) is 4.47 Å². The molecule has 0 aliphatic carbocycles. The second-order valence-electron chi connectivity index (χ2n) is 4.92. The van der Waals surface area contributed by atoms with Crippen molar-refractivity contribution in [3.8, 4) is 5.75 Å². The van der Waals surface area contributed by atoms with E-state index < -0.39 is 10.0 Å². The predicted molar refractivity (Wildman–Crippen MR) is 97.0 cm³/mol. The minimum absolute atomic E-state index is 0.0532. The number of hydrogen-bond acceptors (Lipinski definition) is 5. The van der Waals surface area contributed by atoms with Crippen molar-refractivity contribution in [3.63, 3.8) is 0 Å². The van der Waals surface area contributed by atoms with E-state index in [1.807, 2.05) is 0 Å². The normalized spacial score (nSPS) is 11.4. The fourth-order valence-corrected chi connectivity index (χ4v) is 3.36. The quantitative estimate of drug-likeness (QED) is 0.714. The van der Waals surface area contributed by atoms with Crippen LogP contribution in [0.3, 0.4) is 0 Å². The molecule has 2 rings (SSSR count). The van der Waals surface area contributed by atoms with E-state index in [2.05, 4.69) is 21.2 Å². The van der Waals surface area contributed by atoms with Gasteiger partial charge in [0.1, 0.15) is 5.75 Å². The van der Waals surface area contributed by atoms with Gasteiger partial charge in [-0.1, -0.05) is 4.47 Å². The predicted octanol–water partition coefficient (Wildman–Crippen LogP) is 2.89. The van der Waals surface area contributed by atoms with Crippen LogP contribution in [0.25, 0.3) is 0 Å². The van der Waals surface area contributed by atoms with Gasteiger partial charge in [-0.25, -0.2) is 8.42 Å². The summed E-state index contributed by atoms with van der Waals surface area (Å²) in [6.07, 6.45) is 0. The van der Waals surface area contributed by atoms with Crippen molar-refractivity contribution in [3.05, 3.63) is 52.5 Å². The number of benzene rings is 2. The van der Waals surface area contributed by atoms with Gasteiger partial charge >= 0.3 is 0 Å². The number of hydroxylamine groups is 1. The maximum atomic E-state index is 12.4. The summed E-state index contributed by atoms with van der Waals surface area (Å²) in [6, 6.07) is 10.8. The van der Waals surface area contributed by atoms with Crippen LogP contribution in [0.1, 0.15) is 10.4 Å². The summed E-state index contributed by atoms with van der Waals surface area (Å²) in [4.78, 5) is 17.2. The van der Waals surface area contributed by atoms with Gasteiger partial charge in [0.05, 0.1) is 24.7 Å². The Hall–Kier alpha value is -1.94. The van der Waals surface area contributed by atoms with Crippen LogP contribution in [0.2, 0.25) is 0 Å². The van der Waals surface area contributed by atoms with Crippen LogP contribution in [0, 0.1) is 0 Å². The monoisotopic (exact) mass is 428 g/mol. The highest BCUT2D eigenvalue weighted by molar-refractivity contribution is 9.10. The summed E-state index contributed by atoms with van der Waals surface area (Å²) < 4.78 is 30.7. The molecule has 0 aliphatic rings. The summed E-state index contributed by atoms with van der Waals surface area (Å²) in [5.41, 5.74) is 0.855. The van der Waals surface area contributed by atoms with Gasteiger partial charge in [0.15, 0.2) is 0 Å². The molecule has 0 atom stereocenters. The largest absolute Gasteiger partial charge is 0.497 e. The maximum Gasteiger partial charge on any atom is 0.264 e. The van der Waals surface area contributed by atoms with Crippen LogP contribution in [-0.4, -0.2) is 40.1 Å². The lowest BCUT2D eigenvalue weighted by Crippen LogP contribution is -2.25. The molecule has 0 saturated carbocycles. The number of anilines is 1. The number of nitrogens with one attached hydrogen (secondary N) is 1. The van der Waals surface area contributed by atoms with Crippen LogP contribution in [0.15, 0.2) is 51.8 Å². The minimum atomic E-state index is -3.73. The minimum Gasteiger partial charge on any atom is -0.497 e. The zero-order valence-electron chi connectivity index (χ0n) is 13.8. The Balaban J connectivity index is 2.21. The highest BCUT2D eigenvalue weighted by atomic mass is 79.9. The fraction of sp³-hybridized carbons (Fsp3) is 0.188. The third-order valence-electron chi connectivity index (χ3n) is 3.42. The highest BCUT2D eigenvalue weighted by Crippen LogP contribution is 2.24. The Bertz CT molecular complexity index is 869. The van der Waals surface area contributed by atoms with Gasteiger partial charge < -0.3 is 10.1 Å². The zero-order valence-corrected chi connectivity index (χ0v) is 16.2. The molecule has 0 bridgehead atoms. The van der Waals surface area contributed by atoms with Crippen LogP contribution in [0.4, 0.5) is 5.69 Å². The first-order valence-corrected chi connectivity index (χ1v) is 9.31. The molecular weight excluding hydrogens is 412 g/mol. The molecule has 0 aliphatic heterocycles. The van der Waals surface area contributed by atoms with Gasteiger partial charge in [0.25, 0.3) is 15.9 Å². The van der Waals surface area contributed by atoms with Gasteiger partial charge in [-0.2, -0.15) is 0 Å². The number of methoxy groups -OCH3 is 1. The van der Waals surface area contributed by atoms with Crippen molar-refractivity contribution < 1.29 is 22.8 Å². The Morgan fingerprint density at radius 1 is 1.12 bits per heavy atom. The molecule has 0 aromatic heterocycles. The number of carbonyl (C=O) groups is 1. The number of halogens is 1. The lowest BCUT2D eigenvalue weighted by atomic mass is 10.2. The van der Waals surface area contributed by atoms with E-state index in [4.69, 9.17) is 9.57 Å². The van der Waals surface area contributed by atoms with Crippen molar-refractivity contribution >= 4 is 37.5 Å². The summed E-state index contributed by atoms with van der Waals surface area (Å²) in [7, 11) is 0.346. The van der Waals surface area contributed by atoms with E-state index in [-0.39, 0.29) is 10.8 Å². The van der Waals surface area contributed by atoms with Gasteiger partial charge in [0, 0.05) is 17.2 Å². The number of hydrogen-bond donors (Lipinski definition) is 1. The van der Waals surface area contributed by atoms with E-state index in [0.29, 0.717) is 21.5 Å². The van der Waals surface area contributed by atoms with E-state index in [1.54, 1.807) is 18.2 Å². The van der Waals surface area contributed by atoms with Crippen LogP contribution in [0.5, 0.6) is 5.75 Å². The van der Waals surface area contributed by atoms with E-state index in [9.17, 15) is 13.2 Å². The van der Waals surface area contributed by atoms with Crippen LogP contribution >= 0.6 is 15.9 Å². The molecule has 25 heavy (non-hydrogen) atoms. The number of sulfonamides is 1. The SMILES string of the molecule is COc1ccc(Br)c(C(=O)Nc2ccc(S(=O)(=O)N(C)OC)cc2)c1. The third kappa shape index (κ3) is 4.37. The molecule has 0 radical (unpaired) electrons. The number of nitrogens with zero attached hydrogens (tertiary/aromatic N) is 1. The second-order valence-corrected chi connectivity index (χ2v) is 7.71. The molecule has 1 N–H and O–H groups in total. The fourth-order valence-electron chi connectivity index (χ4n) is 1.96. The van der Waals surface area contributed by atoms with Gasteiger partial charge in [-0.05, 0) is 58.4 Å². The lowest BCUT2D eigenvalue weighted by Gasteiger charge is -2.14. The Labute approximate surface area is 154 Å². The molecule has 2 aromatic carbocycles. The van der Waals surface area contributed by atoms with E-state index >= 15 is 0 Å². The van der Waals surface area contributed by atoms with Gasteiger partial charge in [-0.3, -0.25) is 9.63 Å². The summed E-state index contributed by atoms with van der Waals surface area (Å²) in [5, 5.41) is 2.71. The molecule has 0 saturated heterocycles. The molecule has 1 amide bonds. The maximum absolute atomic E-state index is 12.4. The first-order chi connectivity index (χ1) is 11.8.